The van der Waals surface area contributed by atoms with Gasteiger partial charge in [0.1, 0.15) is 12.4 Å². The zero-order valence-corrected chi connectivity index (χ0v) is 12.0. The van der Waals surface area contributed by atoms with Crippen LogP contribution in [0, 0.1) is 0 Å². The second-order valence-electron chi connectivity index (χ2n) is 4.74. The van der Waals surface area contributed by atoms with E-state index >= 15 is 0 Å². The Labute approximate surface area is 123 Å². The lowest BCUT2D eigenvalue weighted by Gasteiger charge is -2.08. The van der Waals surface area contributed by atoms with Gasteiger partial charge in [-0.15, -0.1) is 0 Å². The number of rotatable bonds is 6. The first-order valence-electron chi connectivity index (χ1n) is 7.02. The van der Waals surface area contributed by atoms with E-state index in [0.717, 1.165) is 41.6 Å². The van der Waals surface area contributed by atoms with Crippen molar-refractivity contribution in [3.8, 4) is 17.2 Å². The van der Waals surface area contributed by atoms with Crippen LogP contribution in [-0.4, -0.2) is 18.3 Å². The van der Waals surface area contributed by atoms with Gasteiger partial charge in [0.05, 0.1) is 5.69 Å². The summed E-state index contributed by atoms with van der Waals surface area (Å²) in [6.07, 6.45) is 1.77. The van der Waals surface area contributed by atoms with Gasteiger partial charge >= 0.3 is 0 Å². The Kier molecular flexibility index (Phi) is 4.21. The summed E-state index contributed by atoms with van der Waals surface area (Å²) in [5, 5.41) is 3.25. The molecule has 0 radical (unpaired) electrons. The van der Waals surface area contributed by atoms with Crippen molar-refractivity contribution in [3.05, 3.63) is 47.8 Å². The van der Waals surface area contributed by atoms with E-state index in [0.29, 0.717) is 6.61 Å². The van der Waals surface area contributed by atoms with Gasteiger partial charge in [-0.2, -0.15) is 0 Å². The average Bonchev–Trinajstić information content (AvgIpc) is 2.99. The first-order valence-corrected chi connectivity index (χ1v) is 7.02. The third kappa shape index (κ3) is 3.44. The molecular weight excluding hydrogens is 268 g/mol. The summed E-state index contributed by atoms with van der Waals surface area (Å²) >= 11 is 0. The summed E-state index contributed by atoms with van der Waals surface area (Å²) in [5.74, 6) is 2.38. The second-order valence-corrected chi connectivity index (χ2v) is 4.74. The molecule has 1 aliphatic heterocycles. The largest absolute Gasteiger partial charge is 0.489 e. The topological polar surface area (TPSA) is 52.6 Å². The van der Waals surface area contributed by atoms with Gasteiger partial charge in [0.25, 0.3) is 0 Å². The maximum Gasteiger partial charge on any atom is 0.231 e. The lowest BCUT2D eigenvalue weighted by Crippen LogP contribution is -2.12. The molecule has 0 spiro atoms. The molecular formula is C16H18N2O3. The van der Waals surface area contributed by atoms with E-state index in [2.05, 4.69) is 17.2 Å². The lowest BCUT2D eigenvalue weighted by molar-refractivity contribution is 0.174. The molecule has 0 unspecified atom stereocenters. The Morgan fingerprint density at radius 2 is 2.10 bits per heavy atom. The highest BCUT2D eigenvalue weighted by Gasteiger charge is 2.13. The molecule has 1 aromatic carbocycles. The van der Waals surface area contributed by atoms with Crippen molar-refractivity contribution in [2.24, 2.45) is 0 Å². The van der Waals surface area contributed by atoms with Crippen molar-refractivity contribution < 1.29 is 14.2 Å². The van der Waals surface area contributed by atoms with Crippen LogP contribution in [0.3, 0.4) is 0 Å². The summed E-state index contributed by atoms with van der Waals surface area (Å²) in [5.41, 5.74) is 2.02. The highest BCUT2D eigenvalue weighted by Crippen LogP contribution is 2.32. The molecule has 1 N–H and O–H groups in total. The number of hydrogen-bond donors (Lipinski definition) is 1. The zero-order chi connectivity index (χ0) is 14.5. The van der Waals surface area contributed by atoms with Gasteiger partial charge in [0.15, 0.2) is 11.5 Å². The fourth-order valence-corrected chi connectivity index (χ4v) is 2.09. The van der Waals surface area contributed by atoms with Crippen molar-refractivity contribution in [1.82, 2.24) is 10.3 Å². The molecule has 1 aromatic heterocycles. The fourth-order valence-electron chi connectivity index (χ4n) is 2.09. The van der Waals surface area contributed by atoms with E-state index in [-0.39, 0.29) is 6.79 Å². The van der Waals surface area contributed by atoms with Crippen LogP contribution < -0.4 is 19.5 Å². The molecule has 2 aromatic rings. The number of fused-ring (bicyclic) bond motifs is 1. The molecule has 2 heterocycles. The highest BCUT2D eigenvalue weighted by molar-refractivity contribution is 5.44. The molecule has 110 valence electrons. The number of nitrogens with zero attached hydrogens (tertiary/aromatic N) is 1. The molecule has 1 aliphatic rings. The Hall–Kier alpha value is -2.27. The van der Waals surface area contributed by atoms with Crippen LogP contribution in [0.25, 0.3) is 0 Å². The molecule has 3 rings (SSSR count). The van der Waals surface area contributed by atoms with Gasteiger partial charge in [0, 0.05) is 18.8 Å². The predicted molar refractivity (Wildman–Crippen MR) is 78.5 cm³/mol. The first-order chi connectivity index (χ1) is 10.3. The average molecular weight is 286 g/mol. The Morgan fingerprint density at radius 3 is 3.00 bits per heavy atom. The third-order valence-corrected chi connectivity index (χ3v) is 3.19. The van der Waals surface area contributed by atoms with Crippen LogP contribution in [0.5, 0.6) is 17.2 Å². The Morgan fingerprint density at radius 1 is 1.19 bits per heavy atom. The zero-order valence-electron chi connectivity index (χ0n) is 12.0. The van der Waals surface area contributed by atoms with Crippen molar-refractivity contribution in [3.63, 3.8) is 0 Å². The fraction of sp³-hybridized carbons (Fsp3) is 0.312. The molecule has 0 atom stereocenters. The molecule has 21 heavy (non-hydrogen) atoms. The number of hydrogen-bond acceptors (Lipinski definition) is 5. The standard InChI is InChI=1S/C16H18N2O3/c1-2-17-9-13-8-14(5-6-18-13)19-10-12-3-4-15-16(7-12)21-11-20-15/h3-8,17H,2,9-11H2,1H3. The Balaban J connectivity index is 1.62. The maximum atomic E-state index is 5.81. The summed E-state index contributed by atoms with van der Waals surface area (Å²) in [6.45, 7) is 4.51. The molecule has 0 fully saturated rings. The van der Waals surface area contributed by atoms with Gasteiger partial charge in [-0.25, -0.2) is 0 Å². The van der Waals surface area contributed by atoms with Gasteiger partial charge in [-0.3, -0.25) is 4.98 Å². The third-order valence-electron chi connectivity index (χ3n) is 3.19. The Bertz CT molecular complexity index is 616. The summed E-state index contributed by atoms with van der Waals surface area (Å²) in [4.78, 5) is 4.30. The number of pyridine rings is 1. The van der Waals surface area contributed by atoms with E-state index < -0.39 is 0 Å². The summed E-state index contributed by atoms with van der Waals surface area (Å²) in [7, 11) is 0. The van der Waals surface area contributed by atoms with Gasteiger partial charge < -0.3 is 19.5 Å². The van der Waals surface area contributed by atoms with Crippen molar-refractivity contribution >= 4 is 0 Å². The van der Waals surface area contributed by atoms with Gasteiger partial charge in [0.2, 0.25) is 6.79 Å². The van der Waals surface area contributed by atoms with Crippen LogP contribution in [0.1, 0.15) is 18.2 Å². The summed E-state index contributed by atoms with van der Waals surface area (Å²) in [6, 6.07) is 9.65. The van der Waals surface area contributed by atoms with E-state index in [4.69, 9.17) is 14.2 Å². The molecule has 0 saturated carbocycles. The summed E-state index contributed by atoms with van der Waals surface area (Å²) < 4.78 is 16.5. The second kappa shape index (κ2) is 6.45. The smallest absolute Gasteiger partial charge is 0.231 e. The molecule has 5 nitrogen and oxygen atoms in total. The number of nitrogens with one attached hydrogen (secondary N) is 1. The van der Waals surface area contributed by atoms with Crippen molar-refractivity contribution in [1.29, 1.82) is 0 Å². The SMILES string of the molecule is CCNCc1cc(OCc2ccc3c(c2)OCO3)ccn1. The predicted octanol–water partition coefficient (Wildman–Crippen LogP) is 2.50. The maximum absolute atomic E-state index is 5.81. The van der Waals surface area contributed by atoms with Crippen LogP contribution in [-0.2, 0) is 13.2 Å². The van der Waals surface area contributed by atoms with E-state index in [9.17, 15) is 0 Å². The molecule has 5 heteroatoms. The molecule has 0 bridgehead atoms. The minimum atomic E-state index is 0.289. The number of benzene rings is 1. The van der Waals surface area contributed by atoms with Crippen LogP contribution >= 0.6 is 0 Å². The minimum Gasteiger partial charge on any atom is -0.489 e. The first kappa shape index (κ1) is 13.7. The number of aromatic nitrogens is 1. The van der Waals surface area contributed by atoms with Crippen molar-refractivity contribution in [2.75, 3.05) is 13.3 Å². The van der Waals surface area contributed by atoms with Crippen LogP contribution in [0.4, 0.5) is 0 Å². The molecule has 0 aliphatic carbocycles. The normalized spacial score (nSPS) is 12.4. The minimum absolute atomic E-state index is 0.289. The van der Waals surface area contributed by atoms with Crippen molar-refractivity contribution in [2.45, 2.75) is 20.1 Å². The van der Waals surface area contributed by atoms with Crippen LogP contribution in [0.2, 0.25) is 0 Å². The van der Waals surface area contributed by atoms with Gasteiger partial charge in [-0.1, -0.05) is 13.0 Å². The van der Waals surface area contributed by atoms with E-state index in [1.807, 2.05) is 30.3 Å². The van der Waals surface area contributed by atoms with E-state index in [1.165, 1.54) is 0 Å². The van der Waals surface area contributed by atoms with Crippen LogP contribution in [0.15, 0.2) is 36.5 Å². The molecule has 0 saturated heterocycles. The quantitative estimate of drug-likeness (QED) is 0.884. The monoisotopic (exact) mass is 286 g/mol. The number of ether oxygens (including phenoxy) is 3. The lowest BCUT2D eigenvalue weighted by atomic mass is 10.2. The van der Waals surface area contributed by atoms with E-state index in [1.54, 1.807) is 6.20 Å². The molecule has 0 amide bonds. The van der Waals surface area contributed by atoms with Gasteiger partial charge in [-0.05, 0) is 30.3 Å². The highest BCUT2D eigenvalue weighted by atomic mass is 16.7.